The molecule has 5 nitrogen and oxygen atoms in total. The minimum absolute atomic E-state index is 0.125. The van der Waals surface area contributed by atoms with Crippen molar-refractivity contribution < 1.29 is 19.1 Å². The van der Waals surface area contributed by atoms with Crippen LogP contribution in [-0.4, -0.2) is 25.3 Å². The van der Waals surface area contributed by atoms with Crippen molar-refractivity contribution in [3.05, 3.63) is 11.8 Å². The first-order chi connectivity index (χ1) is 8.51. The van der Waals surface area contributed by atoms with E-state index in [1.54, 1.807) is 13.0 Å². The van der Waals surface area contributed by atoms with Crippen molar-refractivity contribution in [2.24, 2.45) is 5.92 Å². The van der Waals surface area contributed by atoms with E-state index in [9.17, 15) is 9.59 Å². The number of esters is 1. The number of hydrogen-bond acceptors (Lipinski definition) is 4. The highest BCUT2D eigenvalue weighted by Gasteiger charge is 2.15. The molecule has 0 aliphatic heterocycles. The molecular formula is C13H23NO4. The molecule has 0 aromatic heterocycles. The minimum Gasteiger partial charge on any atom is -0.461 e. The molecule has 0 aliphatic carbocycles. The molecule has 0 aliphatic rings. The Morgan fingerprint density at radius 1 is 1.22 bits per heavy atom. The lowest BCUT2D eigenvalue weighted by molar-refractivity contribution is -0.138. The van der Waals surface area contributed by atoms with Gasteiger partial charge in [0, 0.05) is 0 Å². The number of unbranched alkanes of at least 4 members (excludes halogenated alkanes) is 1. The summed E-state index contributed by atoms with van der Waals surface area (Å²) in [5.41, 5.74) is 0.133. The highest BCUT2D eigenvalue weighted by Crippen LogP contribution is 2.03. The minimum atomic E-state index is -0.622. The maximum absolute atomic E-state index is 11.6. The Labute approximate surface area is 109 Å². The topological polar surface area (TPSA) is 64.6 Å². The number of hydrogen-bond donors (Lipinski definition) is 1. The summed E-state index contributed by atoms with van der Waals surface area (Å²) >= 11 is 0. The van der Waals surface area contributed by atoms with Gasteiger partial charge in [0.1, 0.15) is 5.70 Å². The molecular weight excluding hydrogens is 234 g/mol. The van der Waals surface area contributed by atoms with Gasteiger partial charge in [-0.1, -0.05) is 33.3 Å². The number of carbonyl (C=O) groups is 2. The Morgan fingerprint density at radius 3 is 2.39 bits per heavy atom. The average molecular weight is 257 g/mol. The molecule has 0 bridgehead atoms. The van der Waals surface area contributed by atoms with Gasteiger partial charge >= 0.3 is 12.1 Å². The van der Waals surface area contributed by atoms with E-state index in [4.69, 9.17) is 9.47 Å². The molecule has 104 valence electrons. The van der Waals surface area contributed by atoms with Crippen LogP contribution in [0.25, 0.3) is 0 Å². The van der Waals surface area contributed by atoms with Gasteiger partial charge in [-0.25, -0.2) is 9.59 Å². The number of carbonyl (C=O) groups excluding carboxylic acids is 2. The van der Waals surface area contributed by atoms with Crippen LogP contribution in [0.5, 0.6) is 0 Å². The summed E-state index contributed by atoms with van der Waals surface area (Å²) in [5.74, 6) is -0.418. The van der Waals surface area contributed by atoms with Crippen LogP contribution >= 0.6 is 0 Å². The van der Waals surface area contributed by atoms with Gasteiger partial charge in [0.15, 0.2) is 0 Å². The van der Waals surface area contributed by atoms with Crippen LogP contribution in [0.4, 0.5) is 4.79 Å². The van der Waals surface area contributed by atoms with E-state index in [1.165, 1.54) is 0 Å². The van der Waals surface area contributed by atoms with Crippen molar-refractivity contribution in [2.75, 3.05) is 13.2 Å². The summed E-state index contributed by atoms with van der Waals surface area (Å²) in [6.45, 7) is 8.14. The van der Waals surface area contributed by atoms with Crippen molar-refractivity contribution in [3.8, 4) is 0 Å². The van der Waals surface area contributed by atoms with Crippen molar-refractivity contribution in [1.82, 2.24) is 5.32 Å². The second-order valence-corrected chi connectivity index (χ2v) is 4.16. The van der Waals surface area contributed by atoms with Crippen molar-refractivity contribution >= 4 is 12.1 Å². The molecule has 0 saturated carbocycles. The zero-order valence-corrected chi connectivity index (χ0v) is 11.6. The van der Waals surface area contributed by atoms with Gasteiger partial charge < -0.3 is 9.47 Å². The largest absolute Gasteiger partial charge is 0.461 e. The second-order valence-electron chi connectivity index (χ2n) is 4.16. The zero-order valence-electron chi connectivity index (χ0n) is 11.6. The van der Waals surface area contributed by atoms with Gasteiger partial charge in [-0.15, -0.1) is 0 Å². The molecule has 0 aromatic rings. The molecule has 0 saturated heterocycles. The van der Waals surface area contributed by atoms with Gasteiger partial charge in [-0.05, 0) is 19.3 Å². The summed E-state index contributed by atoms with van der Waals surface area (Å²) in [6.07, 6.45) is 2.76. The fourth-order valence-electron chi connectivity index (χ4n) is 1.16. The summed E-state index contributed by atoms with van der Waals surface area (Å²) in [5, 5.41) is 2.42. The molecule has 0 fully saturated rings. The molecule has 18 heavy (non-hydrogen) atoms. The summed E-state index contributed by atoms with van der Waals surface area (Å²) in [7, 11) is 0. The van der Waals surface area contributed by atoms with E-state index < -0.39 is 12.1 Å². The predicted molar refractivity (Wildman–Crippen MR) is 68.9 cm³/mol. The Hall–Kier alpha value is -1.52. The SMILES string of the molecule is CCCCOC(=O)N/C(=C\C(C)C)C(=O)OCC. The third-order valence-electron chi connectivity index (χ3n) is 1.96. The zero-order chi connectivity index (χ0) is 14.0. The number of amides is 1. The number of rotatable bonds is 7. The fourth-order valence-corrected chi connectivity index (χ4v) is 1.16. The molecule has 1 N–H and O–H groups in total. The van der Waals surface area contributed by atoms with E-state index in [-0.39, 0.29) is 18.2 Å². The monoisotopic (exact) mass is 257 g/mol. The second kappa shape index (κ2) is 9.50. The van der Waals surface area contributed by atoms with Crippen molar-refractivity contribution in [2.45, 2.75) is 40.5 Å². The number of alkyl carbamates (subject to hydrolysis) is 1. The van der Waals surface area contributed by atoms with Crippen LogP contribution in [0.1, 0.15) is 40.5 Å². The molecule has 1 amide bonds. The van der Waals surface area contributed by atoms with Gasteiger partial charge in [0.05, 0.1) is 13.2 Å². The van der Waals surface area contributed by atoms with Gasteiger partial charge in [-0.3, -0.25) is 5.32 Å². The van der Waals surface area contributed by atoms with Crippen LogP contribution < -0.4 is 5.32 Å². The van der Waals surface area contributed by atoms with Gasteiger partial charge in [0.25, 0.3) is 0 Å². The normalized spacial score (nSPS) is 11.3. The molecule has 0 heterocycles. The highest BCUT2D eigenvalue weighted by molar-refractivity contribution is 5.92. The molecule has 0 unspecified atom stereocenters. The van der Waals surface area contributed by atoms with Gasteiger partial charge in [-0.2, -0.15) is 0 Å². The molecule has 0 atom stereocenters. The standard InChI is InChI=1S/C13H23NO4/c1-5-7-8-18-13(16)14-11(9-10(3)4)12(15)17-6-2/h9-10H,5-8H2,1-4H3,(H,14,16)/b11-9-. The number of ether oxygens (including phenoxy) is 2. The van der Waals surface area contributed by atoms with E-state index in [0.29, 0.717) is 6.61 Å². The quantitative estimate of drug-likeness (QED) is 0.432. The van der Waals surface area contributed by atoms with Crippen LogP contribution in [-0.2, 0) is 14.3 Å². The Morgan fingerprint density at radius 2 is 1.89 bits per heavy atom. The molecule has 5 heteroatoms. The Kier molecular flexibility index (Phi) is 8.70. The van der Waals surface area contributed by atoms with Crippen LogP contribution in [0.2, 0.25) is 0 Å². The van der Waals surface area contributed by atoms with Crippen LogP contribution in [0.3, 0.4) is 0 Å². The predicted octanol–water partition coefficient (Wildman–Crippen LogP) is 2.62. The molecule has 0 aromatic carbocycles. The van der Waals surface area contributed by atoms with Gasteiger partial charge in [0.2, 0.25) is 0 Å². The van der Waals surface area contributed by atoms with Crippen LogP contribution in [0, 0.1) is 5.92 Å². The molecule has 0 radical (unpaired) electrons. The summed E-state index contributed by atoms with van der Waals surface area (Å²) in [4.78, 5) is 23.0. The number of allylic oxidation sites excluding steroid dienone is 1. The third-order valence-corrected chi connectivity index (χ3v) is 1.96. The van der Waals surface area contributed by atoms with E-state index >= 15 is 0 Å². The fraction of sp³-hybridized carbons (Fsp3) is 0.692. The van der Waals surface area contributed by atoms with Crippen molar-refractivity contribution in [1.29, 1.82) is 0 Å². The lowest BCUT2D eigenvalue weighted by Crippen LogP contribution is -2.29. The Bertz CT molecular complexity index is 297. The van der Waals surface area contributed by atoms with E-state index in [1.807, 2.05) is 20.8 Å². The first kappa shape index (κ1) is 16.5. The van der Waals surface area contributed by atoms with E-state index in [0.717, 1.165) is 12.8 Å². The van der Waals surface area contributed by atoms with Crippen molar-refractivity contribution in [3.63, 3.8) is 0 Å². The lowest BCUT2D eigenvalue weighted by Gasteiger charge is -2.10. The third kappa shape index (κ3) is 7.70. The average Bonchev–Trinajstić information content (AvgIpc) is 2.28. The first-order valence-corrected chi connectivity index (χ1v) is 6.33. The summed E-state index contributed by atoms with van der Waals surface area (Å²) < 4.78 is 9.78. The van der Waals surface area contributed by atoms with E-state index in [2.05, 4.69) is 5.32 Å². The Balaban J connectivity index is 4.41. The maximum atomic E-state index is 11.6. The molecule has 0 spiro atoms. The lowest BCUT2D eigenvalue weighted by atomic mass is 10.2. The first-order valence-electron chi connectivity index (χ1n) is 6.33. The maximum Gasteiger partial charge on any atom is 0.411 e. The number of nitrogens with one attached hydrogen (secondary N) is 1. The smallest absolute Gasteiger partial charge is 0.411 e. The molecule has 0 rings (SSSR count). The summed E-state index contributed by atoms with van der Waals surface area (Å²) in [6, 6.07) is 0. The van der Waals surface area contributed by atoms with Crippen LogP contribution in [0.15, 0.2) is 11.8 Å². The highest BCUT2D eigenvalue weighted by atomic mass is 16.6.